The number of carboxylic acids is 2. The number of amides is 2. The van der Waals surface area contributed by atoms with Crippen LogP contribution in [0.5, 0.6) is 0 Å². The normalized spacial score (nSPS) is 14.0. The van der Waals surface area contributed by atoms with E-state index in [-0.39, 0.29) is 24.7 Å². The third kappa shape index (κ3) is 7.87. The number of carbonyl (C=O) groups excluding carboxylic acids is 2. The molecule has 1 aliphatic heterocycles. The molecule has 0 aromatic carbocycles. The predicted molar refractivity (Wildman–Crippen MR) is 85.3 cm³/mol. The van der Waals surface area contributed by atoms with Crippen LogP contribution in [-0.2, 0) is 19.2 Å². The summed E-state index contributed by atoms with van der Waals surface area (Å²) in [6, 6.07) is 0. The zero-order valence-electron chi connectivity index (χ0n) is 13.6. The number of imide groups is 1. The molecule has 134 valence electrons. The van der Waals surface area contributed by atoms with Gasteiger partial charge in [-0.3, -0.25) is 24.1 Å². The van der Waals surface area contributed by atoms with Crippen molar-refractivity contribution in [2.75, 3.05) is 26.2 Å². The molecule has 0 unspecified atom stereocenters. The zero-order chi connectivity index (χ0) is 17.9. The van der Waals surface area contributed by atoms with E-state index in [1.54, 1.807) is 0 Å². The van der Waals surface area contributed by atoms with Gasteiger partial charge >= 0.3 is 11.9 Å². The minimum Gasteiger partial charge on any atom is -0.481 e. The van der Waals surface area contributed by atoms with E-state index in [1.165, 1.54) is 17.1 Å². The number of nitrogens with zero attached hydrogens (tertiary/aromatic N) is 2. The molecule has 8 nitrogen and oxygen atoms in total. The Morgan fingerprint density at radius 1 is 0.833 bits per heavy atom. The molecular formula is C16H24N2O6. The van der Waals surface area contributed by atoms with Gasteiger partial charge in [-0.2, -0.15) is 0 Å². The van der Waals surface area contributed by atoms with E-state index in [1.807, 2.05) is 4.90 Å². The van der Waals surface area contributed by atoms with E-state index in [2.05, 4.69) is 0 Å². The molecule has 1 rings (SSSR count). The molecule has 8 heteroatoms. The van der Waals surface area contributed by atoms with Gasteiger partial charge in [0, 0.05) is 31.8 Å². The van der Waals surface area contributed by atoms with Gasteiger partial charge in [0.25, 0.3) is 11.8 Å². The molecule has 2 N–H and O–H groups in total. The third-order valence-corrected chi connectivity index (χ3v) is 3.79. The van der Waals surface area contributed by atoms with Crippen LogP contribution in [0, 0.1) is 0 Å². The van der Waals surface area contributed by atoms with Crippen LogP contribution >= 0.6 is 0 Å². The highest BCUT2D eigenvalue weighted by Gasteiger charge is 2.22. The highest BCUT2D eigenvalue weighted by molar-refractivity contribution is 6.12. The van der Waals surface area contributed by atoms with Crippen LogP contribution in [0.3, 0.4) is 0 Å². The van der Waals surface area contributed by atoms with Crippen LogP contribution in [0.1, 0.15) is 38.5 Å². The van der Waals surface area contributed by atoms with Crippen LogP contribution in [0.4, 0.5) is 0 Å². The first kappa shape index (κ1) is 19.8. The lowest BCUT2D eigenvalue weighted by molar-refractivity contribution is -0.139. The highest BCUT2D eigenvalue weighted by Crippen LogP contribution is 2.08. The number of hydrogen-bond acceptors (Lipinski definition) is 5. The average molecular weight is 340 g/mol. The Bertz CT molecular complexity index is 467. The van der Waals surface area contributed by atoms with E-state index >= 15 is 0 Å². The smallest absolute Gasteiger partial charge is 0.304 e. The number of carboxylic acid groups (broad SMARTS) is 2. The number of carbonyl (C=O) groups is 4. The molecule has 0 saturated heterocycles. The van der Waals surface area contributed by atoms with Crippen LogP contribution in [0.15, 0.2) is 12.2 Å². The molecule has 1 aliphatic rings. The Hall–Kier alpha value is -2.22. The Kier molecular flexibility index (Phi) is 8.70. The van der Waals surface area contributed by atoms with Gasteiger partial charge in [0.1, 0.15) is 0 Å². The predicted octanol–water partition coefficient (Wildman–Crippen LogP) is 0.723. The third-order valence-electron chi connectivity index (χ3n) is 3.79. The molecule has 0 fully saturated rings. The first-order valence-electron chi connectivity index (χ1n) is 8.09. The van der Waals surface area contributed by atoms with Crippen LogP contribution in [0.25, 0.3) is 0 Å². The van der Waals surface area contributed by atoms with Crippen molar-refractivity contribution in [1.82, 2.24) is 9.80 Å². The first-order chi connectivity index (χ1) is 11.4. The van der Waals surface area contributed by atoms with Gasteiger partial charge in [-0.25, -0.2) is 0 Å². The Morgan fingerprint density at radius 2 is 1.33 bits per heavy atom. The topological polar surface area (TPSA) is 115 Å². The second-order valence-electron chi connectivity index (χ2n) is 5.70. The Labute approximate surface area is 140 Å². The fourth-order valence-electron chi connectivity index (χ4n) is 2.45. The monoisotopic (exact) mass is 340 g/mol. The largest absolute Gasteiger partial charge is 0.481 e. The summed E-state index contributed by atoms with van der Waals surface area (Å²) in [4.78, 5) is 47.0. The van der Waals surface area contributed by atoms with Gasteiger partial charge in [0.15, 0.2) is 0 Å². The van der Waals surface area contributed by atoms with E-state index in [4.69, 9.17) is 10.2 Å². The van der Waals surface area contributed by atoms with E-state index < -0.39 is 11.9 Å². The van der Waals surface area contributed by atoms with Crippen LogP contribution in [0.2, 0.25) is 0 Å². The molecule has 2 amide bonds. The summed E-state index contributed by atoms with van der Waals surface area (Å²) >= 11 is 0. The highest BCUT2D eigenvalue weighted by atomic mass is 16.4. The fourth-order valence-corrected chi connectivity index (χ4v) is 2.45. The average Bonchev–Trinajstić information content (AvgIpc) is 2.83. The summed E-state index contributed by atoms with van der Waals surface area (Å²) in [5.74, 6) is -2.34. The lowest BCUT2D eigenvalue weighted by Gasteiger charge is -2.20. The summed E-state index contributed by atoms with van der Waals surface area (Å²) in [5.41, 5.74) is 0. The van der Waals surface area contributed by atoms with Crippen LogP contribution < -0.4 is 0 Å². The van der Waals surface area contributed by atoms with Crippen molar-refractivity contribution in [2.24, 2.45) is 0 Å². The molecule has 24 heavy (non-hydrogen) atoms. The van der Waals surface area contributed by atoms with Gasteiger partial charge in [-0.15, -0.1) is 0 Å². The zero-order valence-corrected chi connectivity index (χ0v) is 13.6. The van der Waals surface area contributed by atoms with Crippen molar-refractivity contribution in [3.8, 4) is 0 Å². The van der Waals surface area contributed by atoms with Gasteiger partial charge in [-0.05, 0) is 19.4 Å². The molecule has 0 saturated carbocycles. The van der Waals surface area contributed by atoms with Crippen LogP contribution in [-0.4, -0.2) is 69.9 Å². The quantitative estimate of drug-likeness (QED) is 0.375. The van der Waals surface area contributed by atoms with Crippen molar-refractivity contribution in [3.05, 3.63) is 12.2 Å². The lowest BCUT2D eigenvalue weighted by Crippen LogP contribution is -2.31. The minimum absolute atomic E-state index is 0.00813. The molecule has 0 bridgehead atoms. The summed E-state index contributed by atoms with van der Waals surface area (Å²) < 4.78 is 0. The summed E-state index contributed by atoms with van der Waals surface area (Å²) in [5, 5.41) is 17.4. The first-order valence-corrected chi connectivity index (χ1v) is 8.09. The van der Waals surface area contributed by atoms with Crippen molar-refractivity contribution >= 4 is 23.8 Å². The minimum atomic E-state index is -0.899. The summed E-state index contributed by atoms with van der Waals surface area (Å²) in [6.07, 6.45) is 5.79. The summed E-state index contributed by atoms with van der Waals surface area (Å²) in [6.45, 7) is 1.73. The SMILES string of the molecule is O=C(O)CCN(CCCCCCN1C(=O)C=CC1=O)CCC(=O)O. The molecule has 0 aromatic heterocycles. The van der Waals surface area contributed by atoms with Gasteiger partial charge in [0.05, 0.1) is 12.8 Å². The molecule has 0 radical (unpaired) electrons. The second-order valence-corrected chi connectivity index (χ2v) is 5.70. The molecule has 0 atom stereocenters. The van der Waals surface area contributed by atoms with Crippen molar-refractivity contribution in [2.45, 2.75) is 38.5 Å². The maximum atomic E-state index is 11.4. The van der Waals surface area contributed by atoms with Gasteiger partial charge in [-0.1, -0.05) is 12.8 Å². The Balaban J connectivity index is 2.16. The van der Waals surface area contributed by atoms with E-state index in [0.29, 0.717) is 26.2 Å². The Morgan fingerprint density at radius 3 is 1.83 bits per heavy atom. The molecule has 0 aliphatic carbocycles. The second kappa shape index (κ2) is 10.5. The molecule has 0 aromatic rings. The van der Waals surface area contributed by atoms with Crippen molar-refractivity contribution in [3.63, 3.8) is 0 Å². The fraction of sp³-hybridized carbons (Fsp3) is 0.625. The number of hydrogen-bond donors (Lipinski definition) is 2. The summed E-state index contributed by atoms with van der Waals surface area (Å²) in [7, 11) is 0. The maximum absolute atomic E-state index is 11.4. The van der Waals surface area contributed by atoms with E-state index in [0.717, 1.165) is 25.7 Å². The van der Waals surface area contributed by atoms with E-state index in [9.17, 15) is 19.2 Å². The number of unbranched alkanes of at least 4 members (excludes halogenated alkanes) is 3. The lowest BCUT2D eigenvalue weighted by atomic mass is 10.1. The number of rotatable bonds is 13. The standard InChI is InChI=1S/C16H24N2O6/c19-13-5-6-14(20)18(13)10-4-2-1-3-9-17(11-7-15(21)22)12-8-16(23)24/h5-6H,1-4,7-12H2,(H,21,22)(H,23,24). The molecule has 1 heterocycles. The molecule has 0 spiro atoms. The number of aliphatic carboxylic acids is 2. The van der Waals surface area contributed by atoms with Crippen molar-refractivity contribution < 1.29 is 29.4 Å². The molecular weight excluding hydrogens is 316 g/mol. The van der Waals surface area contributed by atoms with Gasteiger partial charge in [0.2, 0.25) is 0 Å². The van der Waals surface area contributed by atoms with Gasteiger partial charge < -0.3 is 15.1 Å². The van der Waals surface area contributed by atoms with Crippen molar-refractivity contribution in [1.29, 1.82) is 0 Å². The maximum Gasteiger partial charge on any atom is 0.304 e.